The maximum Gasteiger partial charge on any atom is 0.216 e. The number of halogens is 2. The minimum atomic E-state index is -3.98. The van der Waals surface area contributed by atoms with Crippen LogP contribution in [0.5, 0.6) is 0 Å². The summed E-state index contributed by atoms with van der Waals surface area (Å²) < 4.78 is 53.9. The number of fused-ring (bicyclic) bond motifs is 1. The van der Waals surface area contributed by atoms with Crippen LogP contribution in [0.4, 0.5) is 8.78 Å². The summed E-state index contributed by atoms with van der Waals surface area (Å²) in [6.07, 6.45) is 1.58. The third-order valence-electron chi connectivity index (χ3n) is 4.26. The number of thiophene rings is 1. The number of aryl methyl sites for hydroxylation is 1. The van der Waals surface area contributed by atoms with Crippen LogP contribution >= 0.6 is 11.3 Å². The van der Waals surface area contributed by atoms with Gasteiger partial charge in [-0.2, -0.15) is 0 Å². The van der Waals surface area contributed by atoms with E-state index >= 15 is 0 Å². The molecule has 0 amide bonds. The van der Waals surface area contributed by atoms with Crippen molar-refractivity contribution in [3.8, 4) is 11.1 Å². The van der Waals surface area contributed by atoms with E-state index in [0.29, 0.717) is 26.9 Å². The van der Waals surface area contributed by atoms with E-state index in [-0.39, 0.29) is 9.10 Å². The Balaban J connectivity index is 2.02. The van der Waals surface area contributed by atoms with Gasteiger partial charge in [0.05, 0.1) is 4.90 Å². The standard InChI is InChI=1S/C20H13F2NO2S2/c1-12-4-9-15(11-17(12)22)27(24,25)20-18(13-5-7-14(21)8-6-13)16-3-2-10-23-19(16)26-20/h2-11H,1H3. The predicted octanol–water partition coefficient (Wildman–Crippen LogP) is 5.38. The first-order chi connectivity index (χ1) is 12.9. The number of aromatic nitrogens is 1. The molecule has 136 valence electrons. The minimum absolute atomic E-state index is 0.0612. The molecule has 7 heteroatoms. The van der Waals surface area contributed by atoms with Crippen molar-refractivity contribution in [2.75, 3.05) is 0 Å². The molecule has 4 aromatic rings. The van der Waals surface area contributed by atoms with Gasteiger partial charge in [0.1, 0.15) is 20.7 Å². The number of nitrogens with zero attached hydrogens (tertiary/aromatic N) is 1. The van der Waals surface area contributed by atoms with Crippen LogP contribution in [0.3, 0.4) is 0 Å². The molecule has 27 heavy (non-hydrogen) atoms. The average molecular weight is 401 g/mol. The van der Waals surface area contributed by atoms with Crippen molar-refractivity contribution in [2.24, 2.45) is 0 Å². The average Bonchev–Trinajstić information content (AvgIpc) is 3.05. The van der Waals surface area contributed by atoms with E-state index in [1.54, 1.807) is 25.3 Å². The summed E-state index contributed by atoms with van der Waals surface area (Å²) in [7, 11) is -3.98. The Labute approximate surface area is 158 Å². The Morgan fingerprint density at radius 3 is 2.44 bits per heavy atom. The quantitative estimate of drug-likeness (QED) is 0.463. The highest BCUT2D eigenvalue weighted by Gasteiger charge is 2.27. The van der Waals surface area contributed by atoms with E-state index in [1.807, 2.05) is 0 Å². The second-order valence-corrected chi connectivity index (χ2v) is 9.19. The number of sulfone groups is 1. The summed E-state index contributed by atoms with van der Waals surface area (Å²) in [5.41, 5.74) is 1.37. The van der Waals surface area contributed by atoms with Gasteiger partial charge in [-0.15, -0.1) is 11.3 Å². The Kier molecular flexibility index (Phi) is 4.28. The summed E-state index contributed by atoms with van der Waals surface area (Å²) >= 11 is 1.02. The molecule has 0 spiro atoms. The zero-order valence-corrected chi connectivity index (χ0v) is 15.7. The summed E-state index contributed by atoms with van der Waals surface area (Å²) in [6, 6.07) is 12.9. The molecule has 0 aliphatic heterocycles. The van der Waals surface area contributed by atoms with Crippen LogP contribution < -0.4 is 0 Å². The summed E-state index contributed by atoms with van der Waals surface area (Å²) in [6.45, 7) is 1.57. The minimum Gasteiger partial charge on any atom is -0.245 e. The summed E-state index contributed by atoms with van der Waals surface area (Å²) in [5.74, 6) is -1.000. The second kappa shape index (κ2) is 6.51. The Bertz CT molecular complexity index is 1260. The Morgan fingerprint density at radius 1 is 1.00 bits per heavy atom. The molecule has 2 aromatic heterocycles. The lowest BCUT2D eigenvalue weighted by atomic mass is 10.1. The zero-order valence-electron chi connectivity index (χ0n) is 14.1. The van der Waals surface area contributed by atoms with Gasteiger partial charge in [0, 0.05) is 17.1 Å². The first-order valence-corrected chi connectivity index (χ1v) is 10.3. The van der Waals surface area contributed by atoms with Crippen molar-refractivity contribution < 1.29 is 17.2 Å². The van der Waals surface area contributed by atoms with Crippen molar-refractivity contribution in [3.63, 3.8) is 0 Å². The molecular weight excluding hydrogens is 388 g/mol. The van der Waals surface area contributed by atoms with Crippen LogP contribution in [0.15, 0.2) is 69.9 Å². The molecule has 0 aliphatic carbocycles. The van der Waals surface area contributed by atoms with Gasteiger partial charge in [-0.25, -0.2) is 22.2 Å². The highest BCUT2D eigenvalue weighted by atomic mass is 32.2. The van der Waals surface area contributed by atoms with Gasteiger partial charge in [-0.05, 0) is 54.4 Å². The van der Waals surface area contributed by atoms with E-state index in [2.05, 4.69) is 4.98 Å². The molecule has 0 radical (unpaired) electrons. The fraction of sp³-hybridized carbons (Fsp3) is 0.0500. The highest BCUT2D eigenvalue weighted by Crippen LogP contribution is 2.42. The molecule has 4 rings (SSSR count). The van der Waals surface area contributed by atoms with E-state index in [9.17, 15) is 17.2 Å². The summed E-state index contributed by atoms with van der Waals surface area (Å²) in [5, 5.41) is 0.653. The van der Waals surface area contributed by atoms with Crippen LogP contribution in [0.1, 0.15) is 5.56 Å². The Hall–Kier alpha value is -2.64. The van der Waals surface area contributed by atoms with Crippen molar-refractivity contribution in [3.05, 3.63) is 78.0 Å². The van der Waals surface area contributed by atoms with E-state index in [0.717, 1.165) is 17.4 Å². The second-order valence-electron chi connectivity index (χ2n) is 6.04. The number of rotatable bonds is 3. The van der Waals surface area contributed by atoms with Gasteiger partial charge < -0.3 is 0 Å². The number of benzene rings is 2. The van der Waals surface area contributed by atoms with Gasteiger partial charge in [-0.3, -0.25) is 0 Å². The molecule has 0 atom stereocenters. The van der Waals surface area contributed by atoms with Crippen LogP contribution in [-0.4, -0.2) is 13.4 Å². The van der Waals surface area contributed by atoms with Crippen molar-refractivity contribution in [2.45, 2.75) is 16.0 Å². The lowest BCUT2D eigenvalue weighted by Crippen LogP contribution is -2.02. The van der Waals surface area contributed by atoms with E-state index < -0.39 is 21.5 Å². The van der Waals surface area contributed by atoms with Gasteiger partial charge in [-0.1, -0.05) is 18.2 Å². The molecule has 3 nitrogen and oxygen atoms in total. The molecular formula is C20H13F2NO2S2. The van der Waals surface area contributed by atoms with Gasteiger partial charge in [0.2, 0.25) is 9.84 Å². The fourth-order valence-corrected chi connectivity index (χ4v) is 5.92. The number of hydrogen-bond donors (Lipinski definition) is 0. The van der Waals surface area contributed by atoms with E-state index in [4.69, 9.17) is 0 Å². The largest absolute Gasteiger partial charge is 0.245 e. The molecule has 2 heterocycles. The molecule has 0 N–H and O–H groups in total. The molecule has 0 bridgehead atoms. The number of hydrogen-bond acceptors (Lipinski definition) is 4. The maximum atomic E-state index is 14.0. The zero-order chi connectivity index (χ0) is 19.2. The number of pyridine rings is 1. The van der Waals surface area contributed by atoms with Crippen LogP contribution in [0, 0.1) is 18.6 Å². The smallest absolute Gasteiger partial charge is 0.216 e. The van der Waals surface area contributed by atoms with Gasteiger partial charge in [0.25, 0.3) is 0 Å². The van der Waals surface area contributed by atoms with Crippen LogP contribution in [0.2, 0.25) is 0 Å². The first-order valence-electron chi connectivity index (χ1n) is 8.02. The molecule has 0 saturated heterocycles. The molecule has 2 aromatic carbocycles. The maximum absolute atomic E-state index is 14.0. The third kappa shape index (κ3) is 3.02. The topological polar surface area (TPSA) is 47.0 Å². The van der Waals surface area contributed by atoms with Crippen LogP contribution in [0.25, 0.3) is 21.3 Å². The molecule has 0 saturated carbocycles. The van der Waals surface area contributed by atoms with Crippen molar-refractivity contribution in [1.29, 1.82) is 0 Å². The molecule has 0 fully saturated rings. The highest BCUT2D eigenvalue weighted by molar-refractivity contribution is 7.93. The monoisotopic (exact) mass is 401 g/mol. The SMILES string of the molecule is Cc1ccc(S(=O)(=O)c2sc3ncccc3c2-c2ccc(F)cc2)cc1F. The first kappa shape index (κ1) is 17.8. The van der Waals surface area contributed by atoms with Crippen molar-refractivity contribution in [1.82, 2.24) is 4.98 Å². The van der Waals surface area contributed by atoms with Crippen LogP contribution in [-0.2, 0) is 9.84 Å². The van der Waals surface area contributed by atoms with E-state index in [1.165, 1.54) is 36.4 Å². The third-order valence-corrected chi connectivity index (χ3v) is 7.65. The summed E-state index contributed by atoms with van der Waals surface area (Å²) in [4.78, 5) is 4.67. The van der Waals surface area contributed by atoms with Crippen molar-refractivity contribution >= 4 is 31.4 Å². The molecule has 0 unspecified atom stereocenters. The van der Waals surface area contributed by atoms with Gasteiger partial charge in [0.15, 0.2) is 0 Å². The fourth-order valence-electron chi connectivity index (χ4n) is 2.84. The van der Waals surface area contributed by atoms with Gasteiger partial charge >= 0.3 is 0 Å². The predicted molar refractivity (Wildman–Crippen MR) is 102 cm³/mol. The lowest BCUT2D eigenvalue weighted by molar-refractivity contribution is 0.591. The normalized spacial score (nSPS) is 11.8. The molecule has 0 aliphatic rings. The lowest BCUT2D eigenvalue weighted by Gasteiger charge is -2.08. The Morgan fingerprint density at radius 2 is 1.74 bits per heavy atom.